The van der Waals surface area contributed by atoms with E-state index in [-0.39, 0.29) is 18.9 Å². The smallest absolute Gasteiger partial charge is 0.308 e. The summed E-state index contributed by atoms with van der Waals surface area (Å²) in [6, 6.07) is 7.25. The number of nitrogens with zero attached hydrogens (tertiary/aromatic N) is 1. The molecule has 1 fully saturated rings. The monoisotopic (exact) mass is 307 g/mol. The Balaban J connectivity index is 1.81. The third kappa shape index (κ3) is 4.13. The molecule has 1 heterocycles. The maximum absolute atomic E-state index is 12.1. The third-order valence-corrected chi connectivity index (χ3v) is 3.77. The van der Waals surface area contributed by atoms with Crippen molar-refractivity contribution in [2.45, 2.75) is 19.3 Å². The second-order valence-electron chi connectivity index (χ2n) is 5.27. The Morgan fingerprint density at radius 3 is 2.73 bits per heavy atom. The van der Waals surface area contributed by atoms with Crippen LogP contribution in [0.2, 0.25) is 0 Å². The largest absolute Gasteiger partial charge is 0.493 e. The topological polar surface area (TPSA) is 76.1 Å². The van der Waals surface area contributed by atoms with Crippen molar-refractivity contribution in [3.63, 3.8) is 0 Å². The van der Waals surface area contributed by atoms with Crippen LogP contribution in [0.4, 0.5) is 0 Å². The summed E-state index contributed by atoms with van der Waals surface area (Å²) < 4.78 is 10.7. The van der Waals surface area contributed by atoms with Gasteiger partial charge in [-0.2, -0.15) is 0 Å². The van der Waals surface area contributed by atoms with Crippen LogP contribution < -0.4 is 9.47 Å². The Bertz CT molecular complexity index is 531. The van der Waals surface area contributed by atoms with Gasteiger partial charge < -0.3 is 19.5 Å². The van der Waals surface area contributed by atoms with E-state index in [1.165, 1.54) is 0 Å². The van der Waals surface area contributed by atoms with Crippen molar-refractivity contribution >= 4 is 11.9 Å². The fourth-order valence-electron chi connectivity index (χ4n) is 2.55. The minimum atomic E-state index is -0.831. The highest BCUT2D eigenvalue weighted by Crippen LogP contribution is 2.26. The maximum atomic E-state index is 12.1. The van der Waals surface area contributed by atoms with E-state index >= 15 is 0 Å². The number of carboxylic acids is 1. The molecule has 6 heteroatoms. The van der Waals surface area contributed by atoms with Crippen LogP contribution in [0.25, 0.3) is 0 Å². The minimum absolute atomic E-state index is 0.0687. The van der Waals surface area contributed by atoms with Gasteiger partial charge in [-0.1, -0.05) is 12.1 Å². The van der Waals surface area contributed by atoms with Gasteiger partial charge in [-0.3, -0.25) is 9.59 Å². The molecule has 0 unspecified atom stereocenters. The first-order valence-corrected chi connectivity index (χ1v) is 7.38. The third-order valence-electron chi connectivity index (χ3n) is 3.77. The Kier molecular flexibility index (Phi) is 5.63. The fourth-order valence-corrected chi connectivity index (χ4v) is 2.55. The molecule has 22 heavy (non-hydrogen) atoms. The van der Waals surface area contributed by atoms with Gasteiger partial charge in [-0.05, 0) is 25.0 Å². The summed E-state index contributed by atoms with van der Waals surface area (Å²) >= 11 is 0. The second-order valence-corrected chi connectivity index (χ2v) is 5.27. The van der Waals surface area contributed by atoms with Gasteiger partial charge in [0.15, 0.2) is 11.5 Å². The van der Waals surface area contributed by atoms with Crippen molar-refractivity contribution in [3.05, 3.63) is 24.3 Å². The quantitative estimate of drug-likeness (QED) is 0.867. The van der Waals surface area contributed by atoms with Crippen LogP contribution >= 0.6 is 0 Å². The van der Waals surface area contributed by atoms with Crippen LogP contribution in [0.3, 0.4) is 0 Å². The Labute approximate surface area is 129 Å². The number of methoxy groups -OCH3 is 1. The molecular formula is C16H21NO5. The van der Waals surface area contributed by atoms with Gasteiger partial charge in [-0.25, -0.2) is 0 Å². The van der Waals surface area contributed by atoms with E-state index < -0.39 is 11.9 Å². The number of rotatable bonds is 6. The molecule has 1 aromatic carbocycles. The molecule has 0 saturated carbocycles. The van der Waals surface area contributed by atoms with Gasteiger partial charge in [0.1, 0.15) is 0 Å². The lowest BCUT2D eigenvalue weighted by Gasteiger charge is -2.30. The number of aliphatic carboxylic acids is 1. The molecular weight excluding hydrogens is 286 g/mol. The number of carbonyl (C=O) groups is 2. The lowest BCUT2D eigenvalue weighted by atomic mass is 9.98. The molecule has 0 spiro atoms. The number of likely N-dealkylation sites (tertiary alicyclic amines) is 1. The van der Waals surface area contributed by atoms with E-state index in [0.717, 1.165) is 6.42 Å². The average molecular weight is 307 g/mol. The summed E-state index contributed by atoms with van der Waals surface area (Å²) in [6.45, 7) is 1.16. The summed E-state index contributed by atoms with van der Waals surface area (Å²) in [6.07, 6.45) is 1.59. The number of benzene rings is 1. The average Bonchev–Trinajstić information content (AvgIpc) is 2.55. The maximum Gasteiger partial charge on any atom is 0.308 e. The van der Waals surface area contributed by atoms with Crippen molar-refractivity contribution in [2.24, 2.45) is 5.92 Å². The van der Waals surface area contributed by atoms with Crippen LogP contribution in [0, 0.1) is 5.92 Å². The normalized spacial score (nSPS) is 17.9. The highest BCUT2D eigenvalue weighted by Gasteiger charge is 2.27. The van der Waals surface area contributed by atoms with Gasteiger partial charge >= 0.3 is 5.97 Å². The molecule has 1 aliphatic heterocycles. The van der Waals surface area contributed by atoms with Crippen LogP contribution in [0.1, 0.15) is 19.3 Å². The van der Waals surface area contributed by atoms with E-state index in [9.17, 15) is 9.59 Å². The predicted molar refractivity (Wildman–Crippen MR) is 80.0 cm³/mol. The molecule has 1 amide bonds. The molecule has 1 N–H and O–H groups in total. The zero-order chi connectivity index (χ0) is 15.9. The molecule has 0 aliphatic carbocycles. The van der Waals surface area contributed by atoms with Gasteiger partial charge in [0, 0.05) is 13.1 Å². The zero-order valence-electron chi connectivity index (χ0n) is 12.7. The first-order valence-electron chi connectivity index (χ1n) is 7.38. The number of carboxylic acid groups (broad SMARTS) is 1. The zero-order valence-corrected chi connectivity index (χ0v) is 12.7. The van der Waals surface area contributed by atoms with E-state index in [4.69, 9.17) is 14.6 Å². The number of piperidine rings is 1. The molecule has 120 valence electrons. The van der Waals surface area contributed by atoms with Crippen molar-refractivity contribution in [3.8, 4) is 11.5 Å². The van der Waals surface area contributed by atoms with Crippen molar-refractivity contribution < 1.29 is 24.2 Å². The SMILES string of the molecule is COc1ccccc1OCCC(=O)N1CCC[C@@H](C(=O)O)C1. The number of para-hydroxylation sites is 2. The number of hydrogen-bond donors (Lipinski definition) is 1. The van der Waals surface area contributed by atoms with Crippen LogP contribution in [0.5, 0.6) is 11.5 Å². The standard InChI is InChI=1S/C16H21NO5/c1-21-13-6-2-3-7-14(13)22-10-8-15(18)17-9-4-5-12(11-17)16(19)20/h2-3,6-7,12H,4-5,8-11H2,1H3,(H,19,20)/t12-/m1/s1. The number of ether oxygens (including phenoxy) is 2. The van der Waals surface area contributed by atoms with Gasteiger partial charge in [0.2, 0.25) is 5.91 Å². The summed E-state index contributed by atoms with van der Waals surface area (Å²) in [7, 11) is 1.56. The summed E-state index contributed by atoms with van der Waals surface area (Å²) in [4.78, 5) is 24.8. The predicted octanol–water partition coefficient (Wildman–Crippen LogP) is 1.79. The number of carbonyl (C=O) groups excluding carboxylic acids is 1. The van der Waals surface area contributed by atoms with Crippen molar-refractivity contribution in [1.82, 2.24) is 4.90 Å². The lowest BCUT2D eigenvalue weighted by Crippen LogP contribution is -2.42. The first kappa shape index (κ1) is 16.1. The van der Waals surface area contributed by atoms with Crippen LogP contribution in [-0.2, 0) is 9.59 Å². The van der Waals surface area contributed by atoms with Crippen molar-refractivity contribution in [1.29, 1.82) is 0 Å². The van der Waals surface area contributed by atoms with Gasteiger partial charge in [0.05, 0.1) is 26.1 Å². The van der Waals surface area contributed by atoms with Crippen LogP contribution in [-0.4, -0.2) is 48.7 Å². The summed E-state index contributed by atoms with van der Waals surface area (Å²) in [5.74, 6) is -0.129. The first-order chi connectivity index (χ1) is 10.6. The van der Waals surface area contributed by atoms with Gasteiger partial charge in [0.25, 0.3) is 0 Å². The molecule has 1 saturated heterocycles. The molecule has 0 bridgehead atoms. The molecule has 0 radical (unpaired) electrons. The Morgan fingerprint density at radius 2 is 2.05 bits per heavy atom. The molecule has 1 aromatic rings. The fraction of sp³-hybridized carbons (Fsp3) is 0.500. The van der Waals surface area contributed by atoms with E-state index in [0.29, 0.717) is 31.0 Å². The van der Waals surface area contributed by atoms with Gasteiger partial charge in [-0.15, -0.1) is 0 Å². The Morgan fingerprint density at radius 1 is 1.32 bits per heavy atom. The Hall–Kier alpha value is -2.24. The summed E-state index contributed by atoms with van der Waals surface area (Å²) in [5, 5.41) is 9.04. The van der Waals surface area contributed by atoms with Crippen LogP contribution in [0.15, 0.2) is 24.3 Å². The second kappa shape index (κ2) is 7.68. The highest BCUT2D eigenvalue weighted by atomic mass is 16.5. The minimum Gasteiger partial charge on any atom is -0.493 e. The van der Waals surface area contributed by atoms with E-state index in [2.05, 4.69) is 0 Å². The van der Waals surface area contributed by atoms with E-state index in [1.54, 1.807) is 24.1 Å². The van der Waals surface area contributed by atoms with Crippen molar-refractivity contribution in [2.75, 3.05) is 26.8 Å². The molecule has 1 aliphatic rings. The molecule has 0 aromatic heterocycles. The molecule has 1 atom stereocenters. The molecule has 2 rings (SSSR count). The number of hydrogen-bond acceptors (Lipinski definition) is 4. The summed E-state index contributed by atoms with van der Waals surface area (Å²) in [5.41, 5.74) is 0. The van der Waals surface area contributed by atoms with E-state index in [1.807, 2.05) is 12.1 Å². The number of amides is 1. The molecule has 6 nitrogen and oxygen atoms in total. The lowest BCUT2D eigenvalue weighted by molar-refractivity contribution is -0.145. The highest BCUT2D eigenvalue weighted by molar-refractivity contribution is 5.78.